The van der Waals surface area contributed by atoms with Crippen LogP contribution in [0.15, 0.2) is 10.2 Å². The van der Waals surface area contributed by atoms with Crippen molar-refractivity contribution in [2.24, 2.45) is 10.2 Å². The highest BCUT2D eigenvalue weighted by molar-refractivity contribution is 5.66. The molecule has 0 unspecified atom stereocenters. The topological polar surface area (TPSA) is 186 Å². The number of hydrazone groups is 2. The lowest BCUT2D eigenvalue weighted by Crippen LogP contribution is -2.61. The standard InChI is InChI=1S/C24H42N4O10/c1-16(31)35-23-21(33)19(15-30)38-24(22(23)34)37-17(12-25-27-8-4-2-5-9-27)18(14-29)36-20(32)13-26-28-10-6-3-7-11-28/h12-13,17-24,29-30,32-34H,2-11,14-15H2,1H3/b25-12+,26-13-/t17-,18-,19+,20+,21+,22+,23-,24+/m1/s1. The van der Waals surface area contributed by atoms with Crippen molar-refractivity contribution in [1.82, 2.24) is 10.0 Å². The monoisotopic (exact) mass is 546 g/mol. The summed E-state index contributed by atoms with van der Waals surface area (Å²) in [4.78, 5) is 11.5. The lowest BCUT2D eigenvalue weighted by molar-refractivity contribution is -0.315. The van der Waals surface area contributed by atoms with Crippen LogP contribution in [0.25, 0.3) is 0 Å². The third-order valence-electron chi connectivity index (χ3n) is 6.68. The Morgan fingerprint density at radius 2 is 1.55 bits per heavy atom. The number of nitrogens with zero attached hydrogens (tertiary/aromatic N) is 4. The van der Waals surface area contributed by atoms with Crippen molar-refractivity contribution in [2.75, 3.05) is 39.4 Å². The molecule has 0 spiro atoms. The lowest BCUT2D eigenvalue weighted by atomic mass is 9.99. The van der Waals surface area contributed by atoms with E-state index in [2.05, 4.69) is 10.2 Å². The molecule has 8 atom stereocenters. The highest BCUT2D eigenvalue weighted by atomic mass is 16.7. The van der Waals surface area contributed by atoms with E-state index in [-0.39, 0.29) is 0 Å². The van der Waals surface area contributed by atoms with Crippen LogP contribution in [0.3, 0.4) is 0 Å². The summed E-state index contributed by atoms with van der Waals surface area (Å²) in [5.74, 6) is -0.749. The summed E-state index contributed by atoms with van der Waals surface area (Å²) in [7, 11) is 0. The first kappa shape index (κ1) is 30.6. The average molecular weight is 547 g/mol. The molecule has 218 valence electrons. The SMILES string of the molecule is CC(=O)O[C@H]1[C@H](O)[C@@H](O[C@H](/C=N/N2CCCCC2)[C@@H](CO)O[C@H](O)/C=N\N2CCCCC2)O[C@@H](CO)[C@@H]1O. The minimum Gasteiger partial charge on any atom is -0.457 e. The zero-order valence-electron chi connectivity index (χ0n) is 21.8. The number of carbonyl (C=O) groups excluding carboxylic acids is 1. The van der Waals surface area contributed by atoms with E-state index in [0.717, 1.165) is 71.6 Å². The number of ether oxygens (including phenoxy) is 4. The second-order valence-corrected chi connectivity index (χ2v) is 9.69. The molecule has 14 heteroatoms. The van der Waals surface area contributed by atoms with Gasteiger partial charge in [0, 0.05) is 33.1 Å². The molecule has 0 aromatic heterocycles. The molecule has 0 saturated carbocycles. The molecule has 0 aromatic rings. The highest BCUT2D eigenvalue weighted by Gasteiger charge is 2.48. The molecule has 3 aliphatic heterocycles. The normalized spacial score (nSPS) is 31.5. The van der Waals surface area contributed by atoms with Gasteiger partial charge in [-0.3, -0.25) is 14.8 Å². The van der Waals surface area contributed by atoms with Crippen molar-refractivity contribution in [1.29, 1.82) is 0 Å². The van der Waals surface area contributed by atoms with E-state index < -0.39 is 68.4 Å². The molecule has 14 nitrogen and oxygen atoms in total. The molecule has 0 radical (unpaired) electrons. The van der Waals surface area contributed by atoms with E-state index >= 15 is 0 Å². The molecule has 5 N–H and O–H groups in total. The lowest BCUT2D eigenvalue weighted by Gasteiger charge is -2.42. The van der Waals surface area contributed by atoms with Crippen LogP contribution in [-0.2, 0) is 23.7 Å². The molecule has 3 heterocycles. The van der Waals surface area contributed by atoms with E-state index in [1.54, 1.807) is 0 Å². The van der Waals surface area contributed by atoms with Crippen LogP contribution in [0, 0.1) is 0 Å². The number of carbonyl (C=O) groups is 1. The van der Waals surface area contributed by atoms with Crippen molar-refractivity contribution in [2.45, 2.75) is 94.7 Å². The zero-order chi connectivity index (χ0) is 27.5. The van der Waals surface area contributed by atoms with Crippen LogP contribution in [0.2, 0.25) is 0 Å². The van der Waals surface area contributed by atoms with Gasteiger partial charge in [0.2, 0.25) is 0 Å². The van der Waals surface area contributed by atoms with Gasteiger partial charge >= 0.3 is 5.97 Å². The molecular weight excluding hydrogens is 504 g/mol. The fourth-order valence-electron chi connectivity index (χ4n) is 4.61. The van der Waals surface area contributed by atoms with Crippen LogP contribution in [0.1, 0.15) is 45.4 Å². The molecule has 0 bridgehead atoms. The maximum absolute atomic E-state index is 11.5. The maximum atomic E-state index is 11.5. The van der Waals surface area contributed by atoms with Gasteiger partial charge in [0.05, 0.1) is 25.6 Å². The van der Waals surface area contributed by atoms with Crippen LogP contribution >= 0.6 is 0 Å². The number of rotatable bonds is 12. The van der Waals surface area contributed by atoms with E-state index in [0.29, 0.717) is 0 Å². The fourth-order valence-corrected chi connectivity index (χ4v) is 4.61. The minimum atomic E-state index is -1.63. The summed E-state index contributed by atoms with van der Waals surface area (Å²) >= 11 is 0. The number of aliphatic hydroxyl groups is 5. The molecular formula is C24H42N4O10. The van der Waals surface area contributed by atoms with E-state index in [9.17, 15) is 30.3 Å². The third-order valence-corrected chi connectivity index (χ3v) is 6.68. The molecule has 0 aliphatic carbocycles. The van der Waals surface area contributed by atoms with Crippen LogP contribution in [0.5, 0.6) is 0 Å². The zero-order valence-corrected chi connectivity index (χ0v) is 21.8. The Hall–Kier alpha value is -1.91. The summed E-state index contributed by atoms with van der Waals surface area (Å²) in [5, 5.41) is 63.7. The smallest absolute Gasteiger partial charge is 0.303 e. The fraction of sp³-hybridized carbons (Fsp3) is 0.875. The van der Waals surface area contributed by atoms with Crippen LogP contribution in [-0.4, -0.2) is 143 Å². The molecule has 3 fully saturated rings. The molecule has 38 heavy (non-hydrogen) atoms. The van der Waals surface area contributed by atoms with Gasteiger partial charge in [-0.15, -0.1) is 0 Å². The number of hydrogen-bond acceptors (Lipinski definition) is 14. The van der Waals surface area contributed by atoms with Gasteiger partial charge in [-0.1, -0.05) is 0 Å². The Morgan fingerprint density at radius 1 is 0.974 bits per heavy atom. The first-order valence-electron chi connectivity index (χ1n) is 13.3. The third kappa shape index (κ3) is 9.09. The van der Waals surface area contributed by atoms with Crippen molar-refractivity contribution in [3.8, 4) is 0 Å². The van der Waals surface area contributed by atoms with Gasteiger partial charge in [-0.25, -0.2) is 0 Å². The quantitative estimate of drug-likeness (QED) is 0.107. The summed E-state index contributed by atoms with van der Waals surface area (Å²) < 4.78 is 22.1. The van der Waals surface area contributed by atoms with Crippen molar-refractivity contribution < 1.29 is 49.3 Å². The van der Waals surface area contributed by atoms with Crippen molar-refractivity contribution >= 4 is 18.4 Å². The number of esters is 1. The maximum Gasteiger partial charge on any atom is 0.303 e. The average Bonchev–Trinajstić information content (AvgIpc) is 2.93. The summed E-state index contributed by atoms with van der Waals surface area (Å²) in [6, 6.07) is 0. The van der Waals surface area contributed by atoms with E-state index in [1.807, 2.05) is 10.0 Å². The number of hydrogen-bond donors (Lipinski definition) is 5. The predicted octanol–water partition coefficient (Wildman–Crippen LogP) is -1.62. The number of aliphatic hydroxyl groups excluding tert-OH is 5. The molecule has 3 rings (SSSR count). The Bertz CT molecular complexity index is 762. The van der Waals surface area contributed by atoms with E-state index in [4.69, 9.17) is 18.9 Å². The van der Waals surface area contributed by atoms with Crippen molar-refractivity contribution in [3.05, 3.63) is 0 Å². The van der Waals surface area contributed by atoms with Gasteiger partial charge in [0.15, 0.2) is 18.7 Å². The molecule has 3 saturated heterocycles. The summed E-state index contributed by atoms with van der Waals surface area (Å²) in [5.41, 5.74) is 0. The Kier molecular flexibility index (Phi) is 12.6. The Morgan fingerprint density at radius 3 is 2.08 bits per heavy atom. The van der Waals surface area contributed by atoms with Crippen LogP contribution in [0.4, 0.5) is 0 Å². The van der Waals surface area contributed by atoms with Gasteiger partial charge in [0.1, 0.15) is 30.5 Å². The van der Waals surface area contributed by atoms with Crippen LogP contribution < -0.4 is 0 Å². The molecule has 0 amide bonds. The molecule has 0 aromatic carbocycles. The van der Waals surface area contributed by atoms with Gasteiger partial charge < -0.3 is 44.5 Å². The van der Waals surface area contributed by atoms with E-state index in [1.165, 1.54) is 12.4 Å². The summed E-state index contributed by atoms with van der Waals surface area (Å²) in [6.07, 6.45) is -2.24. The largest absolute Gasteiger partial charge is 0.457 e. The van der Waals surface area contributed by atoms with Gasteiger partial charge in [0.25, 0.3) is 0 Å². The first-order valence-corrected chi connectivity index (χ1v) is 13.3. The highest BCUT2D eigenvalue weighted by Crippen LogP contribution is 2.26. The second-order valence-electron chi connectivity index (χ2n) is 9.69. The van der Waals surface area contributed by atoms with Gasteiger partial charge in [-0.2, -0.15) is 10.2 Å². The van der Waals surface area contributed by atoms with Gasteiger partial charge in [-0.05, 0) is 38.5 Å². The molecule has 3 aliphatic rings. The Balaban J connectivity index is 1.75. The second kappa shape index (κ2) is 15.6. The predicted molar refractivity (Wildman–Crippen MR) is 134 cm³/mol. The minimum absolute atomic E-state index is 0.590. The first-order chi connectivity index (χ1) is 18.3. The summed E-state index contributed by atoms with van der Waals surface area (Å²) in [6.45, 7) is 2.91. The number of piperidine rings is 2. The van der Waals surface area contributed by atoms with Crippen molar-refractivity contribution in [3.63, 3.8) is 0 Å². The Labute approximate surface area is 222 Å².